The van der Waals surface area contributed by atoms with Gasteiger partial charge in [0, 0.05) is 25.7 Å². The number of hydrogen-bond donors (Lipinski definition) is 2. The number of benzene rings is 1. The maximum atomic E-state index is 13.1. The zero-order chi connectivity index (χ0) is 12.5. The number of rotatable bonds is 1. The van der Waals surface area contributed by atoms with E-state index in [-0.39, 0.29) is 5.56 Å². The molecule has 17 heavy (non-hydrogen) atoms. The van der Waals surface area contributed by atoms with Gasteiger partial charge in [0.1, 0.15) is 5.82 Å². The number of halogens is 4. The lowest BCUT2D eigenvalue weighted by Crippen LogP contribution is -2.43. The third-order valence-corrected chi connectivity index (χ3v) is 2.74. The number of piperazine rings is 1. The first-order chi connectivity index (χ1) is 7.98. The van der Waals surface area contributed by atoms with Crippen LogP contribution < -0.4 is 10.6 Å². The molecule has 94 valence electrons. The van der Waals surface area contributed by atoms with Gasteiger partial charge in [-0.15, -0.1) is 0 Å². The highest BCUT2D eigenvalue weighted by Gasteiger charge is 2.35. The lowest BCUT2D eigenvalue weighted by atomic mass is 9.98. The van der Waals surface area contributed by atoms with Gasteiger partial charge in [-0.3, -0.25) is 0 Å². The van der Waals surface area contributed by atoms with Gasteiger partial charge >= 0.3 is 6.18 Å². The van der Waals surface area contributed by atoms with E-state index in [9.17, 15) is 17.6 Å². The summed E-state index contributed by atoms with van der Waals surface area (Å²) in [5, 5.41) is 5.93. The molecule has 1 saturated heterocycles. The maximum absolute atomic E-state index is 13.1. The van der Waals surface area contributed by atoms with Crippen molar-refractivity contribution in [2.75, 3.05) is 19.6 Å². The minimum Gasteiger partial charge on any atom is -0.314 e. The van der Waals surface area contributed by atoms with Crippen LogP contribution in [-0.4, -0.2) is 19.6 Å². The van der Waals surface area contributed by atoms with Gasteiger partial charge in [0.15, 0.2) is 0 Å². The van der Waals surface area contributed by atoms with Crippen LogP contribution in [0.4, 0.5) is 17.6 Å². The van der Waals surface area contributed by atoms with Gasteiger partial charge in [0.2, 0.25) is 0 Å². The predicted molar refractivity (Wildman–Crippen MR) is 55.0 cm³/mol. The number of alkyl halides is 3. The lowest BCUT2D eigenvalue weighted by Gasteiger charge is -2.27. The molecule has 0 radical (unpaired) electrons. The SMILES string of the molecule is Fc1ccc(C(F)(F)F)c(C2CNCCN2)c1. The van der Waals surface area contributed by atoms with Gasteiger partial charge in [0.25, 0.3) is 0 Å². The molecular weight excluding hydrogens is 236 g/mol. The molecule has 1 aromatic carbocycles. The van der Waals surface area contributed by atoms with Crippen molar-refractivity contribution in [3.05, 3.63) is 35.1 Å². The summed E-state index contributed by atoms with van der Waals surface area (Å²) in [6.07, 6.45) is -4.46. The van der Waals surface area contributed by atoms with Crippen LogP contribution in [0.5, 0.6) is 0 Å². The summed E-state index contributed by atoms with van der Waals surface area (Å²) in [6, 6.07) is 2.08. The Bertz CT molecular complexity index is 397. The summed E-state index contributed by atoms with van der Waals surface area (Å²) in [6.45, 7) is 1.64. The summed E-state index contributed by atoms with van der Waals surface area (Å²) in [7, 11) is 0. The Balaban J connectivity index is 2.39. The highest BCUT2D eigenvalue weighted by atomic mass is 19.4. The third-order valence-electron chi connectivity index (χ3n) is 2.74. The van der Waals surface area contributed by atoms with Crippen LogP contribution in [0.2, 0.25) is 0 Å². The van der Waals surface area contributed by atoms with Crippen LogP contribution in [0.25, 0.3) is 0 Å². The molecule has 1 aromatic rings. The van der Waals surface area contributed by atoms with Gasteiger partial charge in [-0.1, -0.05) is 0 Å². The number of hydrogen-bond acceptors (Lipinski definition) is 2. The van der Waals surface area contributed by atoms with E-state index in [1.165, 1.54) is 0 Å². The molecule has 1 unspecified atom stereocenters. The molecule has 2 rings (SSSR count). The Kier molecular flexibility index (Phi) is 3.35. The van der Waals surface area contributed by atoms with Crippen molar-refractivity contribution in [3.8, 4) is 0 Å². The maximum Gasteiger partial charge on any atom is 0.416 e. The molecule has 1 heterocycles. The monoisotopic (exact) mass is 248 g/mol. The van der Waals surface area contributed by atoms with Crippen LogP contribution >= 0.6 is 0 Å². The highest BCUT2D eigenvalue weighted by Crippen LogP contribution is 2.35. The molecule has 0 spiro atoms. The van der Waals surface area contributed by atoms with E-state index >= 15 is 0 Å². The quantitative estimate of drug-likeness (QED) is 0.743. The third kappa shape index (κ3) is 2.76. The van der Waals surface area contributed by atoms with Gasteiger partial charge in [-0.05, 0) is 23.8 Å². The van der Waals surface area contributed by atoms with Crippen molar-refractivity contribution in [3.63, 3.8) is 0 Å². The molecule has 0 aromatic heterocycles. The molecule has 1 atom stereocenters. The average Bonchev–Trinajstić information content (AvgIpc) is 2.28. The fraction of sp³-hybridized carbons (Fsp3) is 0.455. The fourth-order valence-corrected chi connectivity index (χ4v) is 1.95. The molecule has 0 bridgehead atoms. The Morgan fingerprint density at radius 2 is 1.94 bits per heavy atom. The van der Waals surface area contributed by atoms with Gasteiger partial charge < -0.3 is 10.6 Å². The first kappa shape index (κ1) is 12.3. The topological polar surface area (TPSA) is 24.1 Å². The average molecular weight is 248 g/mol. The molecule has 1 aliphatic heterocycles. The Hall–Kier alpha value is -1.14. The van der Waals surface area contributed by atoms with Gasteiger partial charge in [-0.2, -0.15) is 13.2 Å². The predicted octanol–water partition coefficient (Wildman–Crippen LogP) is 2.08. The van der Waals surface area contributed by atoms with Crippen molar-refractivity contribution < 1.29 is 17.6 Å². The van der Waals surface area contributed by atoms with Crippen LogP contribution in [0.1, 0.15) is 17.2 Å². The smallest absolute Gasteiger partial charge is 0.314 e. The van der Waals surface area contributed by atoms with Crippen LogP contribution in [0.15, 0.2) is 18.2 Å². The second kappa shape index (κ2) is 4.62. The minimum absolute atomic E-state index is 0.0373. The summed E-state index contributed by atoms with van der Waals surface area (Å²) < 4.78 is 51.4. The van der Waals surface area contributed by atoms with Crippen LogP contribution in [0, 0.1) is 5.82 Å². The summed E-state index contributed by atoms with van der Waals surface area (Å²) in [5.41, 5.74) is -0.815. The normalized spacial score (nSPS) is 21.5. The van der Waals surface area contributed by atoms with Crippen molar-refractivity contribution in [1.29, 1.82) is 0 Å². The van der Waals surface area contributed by atoms with E-state index in [1.807, 2.05) is 0 Å². The largest absolute Gasteiger partial charge is 0.416 e. The molecule has 2 nitrogen and oxygen atoms in total. The van der Waals surface area contributed by atoms with E-state index in [0.29, 0.717) is 19.6 Å². The fourth-order valence-electron chi connectivity index (χ4n) is 1.95. The van der Waals surface area contributed by atoms with Crippen molar-refractivity contribution >= 4 is 0 Å². The summed E-state index contributed by atoms with van der Waals surface area (Å²) in [5.74, 6) is -0.652. The van der Waals surface area contributed by atoms with E-state index < -0.39 is 23.6 Å². The molecule has 2 N–H and O–H groups in total. The second-order valence-corrected chi connectivity index (χ2v) is 3.94. The van der Waals surface area contributed by atoms with E-state index in [1.54, 1.807) is 0 Å². The van der Waals surface area contributed by atoms with E-state index in [0.717, 1.165) is 18.2 Å². The van der Waals surface area contributed by atoms with E-state index in [4.69, 9.17) is 0 Å². The van der Waals surface area contributed by atoms with Crippen LogP contribution in [0.3, 0.4) is 0 Å². The Morgan fingerprint density at radius 3 is 2.53 bits per heavy atom. The Morgan fingerprint density at radius 1 is 1.18 bits per heavy atom. The molecule has 6 heteroatoms. The van der Waals surface area contributed by atoms with Crippen LogP contribution in [-0.2, 0) is 6.18 Å². The summed E-state index contributed by atoms with van der Waals surface area (Å²) in [4.78, 5) is 0. The lowest BCUT2D eigenvalue weighted by molar-refractivity contribution is -0.138. The van der Waals surface area contributed by atoms with Crippen molar-refractivity contribution in [1.82, 2.24) is 10.6 Å². The minimum atomic E-state index is -4.46. The summed E-state index contributed by atoms with van der Waals surface area (Å²) >= 11 is 0. The first-order valence-electron chi connectivity index (χ1n) is 5.29. The molecule has 0 amide bonds. The standard InChI is InChI=1S/C11H12F4N2/c12-7-1-2-9(11(13,14)15)8(5-7)10-6-16-3-4-17-10/h1-2,5,10,16-17H,3-4,6H2. The zero-order valence-corrected chi connectivity index (χ0v) is 8.94. The van der Waals surface area contributed by atoms with Crippen molar-refractivity contribution in [2.24, 2.45) is 0 Å². The highest BCUT2D eigenvalue weighted by molar-refractivity contribution is 5.33. The molecular formula is C11H12F4N2. The van der Waals surface area contributed by atoms with Gasteiger partial charge in [0.05, 0.1) is 5.56 Å². The molecule has 1 fully saturated rings. The number of nitrogens with one attached hydrogen (secondary N) is 2. The molecule has 0 aliphatic carbocycles. The second-order valence-electron chi connectivity index (χ2n) is 3.94. The zero-order valence-electron chi connectivity index (χ0n) is 8.94. The van der Waals surface area contributed by atoms with Gasteiger partial charge in [-0.25, -0.2) is 4.39 Å². The molecule has 1 aliphatic rings. The first-order valence-corrected chi connectivity index (χ1v) is 5.29. The Labute approximate surface area is 96.0 Å². The van der Waals surface area contributed by atoms with E-state index in [2.05, 4.69) is 10.6 Å². The van der Waals surface area contributed by atoms with Crippen molar-refractivity contribution in [2.45, 2.75) is 12.2 Å². The molecule has 0 saturated carbocycles.